The summed E-state index contributed by atoms with van der Waals surface area (Å²) in [6.07, 6.45) is 4.97. The van der Waals surface area contributed by atoms with E-state index in [9.17, 15) is 14.7 Å². The monoisotopic (exact) mass is 482 g/mol. The van der Waals surface area contributed by atoms with Gasteiger partial charge in [0, 0.05) is 10.6 Å². The van der Waals surface area contributed by atoms with Crippen LogP contribution in [0.2, 0.25) is 5.02 Å². The molecule has 2 fully saturated rings. The largest absolute Gasteiger partial charge is 0.507 e. The Balaban J connectivity index is 1.64. The summed E-state index contributed by atoms with van der Waals surface area (Å²) in [6.45, 7) is 0. The lowest BCUT2D eigenvalue weighted by Crippen LogP contribution is -2.40. The summed E-state index contributed by atoms with van der Waals surface area (Å²) in [6, 6.07) is 11.6. The molecule has 1 aromatic heterocycles. The van der Waals surface area contributed by atoms with Crippen LogP contribution in [-0.2, 0) is 9.59 Å². The Morgan fingerprint density at radius 3 is 2.55 bits per heavy atom. The van der Waals surface area contributed by atoms with Crippen LogP contribution in [0.5, 0.6) is 5.75 Å². The van der Waals surface area contributed by atoms with Crippen LogP contribution in [0, 0.1) is 5.92 Å². The lowest BCUT2D eigenvalue weighted by atomic mass is 9.80. The molecule has 1 atom stereocenters. The zero-order valence-corrected chi connectivity index (χ0v) is 19.7. The number of amides is 1. The van der Waals surface area contributed by atoms with Crippen molar-refractivity contribution in [3.05, 3.63) is 58.6 Å². The third kappa shape index (κ3) is 3.89. The Bertz CT molecular complexity index is 1260. The molecule has 6 nitrogen and oxygen atoms in total. The number of ether oxygens (including phenoxy) is 1. The number of nitrogens with zero attached hydrogens (tertiary/aromatic N) is 2. The second kappa shape index (κ2) is 8.80. The Morgan fingerprint density at radius 1 is 1.12 bits per heavy atom. The fourth-order valence-electron chi connectivity index (χ4n) is 4.86. The molecule has 0 radical (unpaired) electrons. The van der Waals surface area contributed by atoms with Crippen LogP contribution in [0.25, 0.3) is 16.0 Å². The number of anilines is 1. The van der Waals surface area contributed by atoms with Gasteiger partial charge in [0.15, 0.2) is 5.13 Å². The van der Waals surface area contributed by atoms with Gasteiger partial charge < -0.3 is 9.84 Å². The summed E-state index contributed by atoms with van der Waals surface area (Å²) < 4.78 is 6.04. The van der Waals surface area contributed by atoms with Gasteiger partial charge in [-0.25, -0.2) is 4.98 Å². The zero-order chi connectivity index (χ0) is 23.1. The van der Waals surface area contributed by atoms with Crippen LogP contribution >= 0.6 is 22.9 Å². The topological polar surface area (TPSA) is 79.7 Å². The molecule has 2 aromatic carbocycles. The molecular formula is C25H23ClN2O4S. The van der Waals surface area contributed by atoms with E-state index in [1.807, 2.05) is 6.07 Å². The number of halogens is 1. The van der Waals surface area contributed by atoms with Gasteiger partial charge in [-0.3, -0.25) is 14.5 Å². The third-order valence-electron chi connectivity index (χ3n) is 6.49. The first-order valence-corrected chi connectivity index (χ1v) is 12.2. The van der Waals surface area contributed by atoms with Crippen molar-refractivity contribution in [2.24, 2.45) is 5.92 Å². The second-order valence-corrected chi connectivity index (χ2v) is 9.89. The first-order valence-electron chi connectivity index (χ1n) is 11.0. The van der Waals surface area contributed by atoms with Crippen LogP contribution in [-0.4, -0.2) is 34.9 Å². The van der Waals surface area contributed by atoms with Crippen LogP contribution < -0.4 is 9.64 Å². The van der Waals surface area contributed by atoms with Gasteiger partial charge >= 0.3 is 5.91 Å². The molecular weight excluding hydrogens is 460 g/mol. The molecule has 1 saturated carbocycles. The Kier molecular flexibility index (Phi) is 5.85. The highest BCUT2D eigenvalue weighted by Gasteiger charge is 2.50. The van der Waals surface area contributed by atoms with Crippen LogP contribution in [0.4, 0.5) is 5.13 Å². The quantitative estimate of drug-likeness (QED) is 0.289. The Morgan fingerprint density at radius 2 is 1.85 bits per heavy atom. The van der Waals surface area contributed by atoms with E-state index < -0.39 is 17.7 Å². The molecule has 1 saturated heterocycles. The van der Waals surface area contributed by atoms with E-state index in [1.54, 1.807) is 43.5 Å². The third-order valence-corrected chi connectivity index (χ3v) is 7.74. The number of aliphatic hydroxyl groups excluding tert-OH is 1. The Labute approximate surface area is 200 Å². The van der Waals surface area contributed by atoms with Crippen molar-refractivity contribution in [2.75, 3.05) is 12.0 Å². The van der Waals surface area contributed by atoms with E-state index in [-0.39, 0.29) is 17.3 Å². The van der Waals surface area contributed by atoms with Crippen molar-refractivity contribution in [2.45, 2.75) is 38.1 Å². The van der Waals surface area contributed by atoms with Gasteiger partial charge in [0.1, 0.15) is 11.5 Å². The number of methoxy groups -OCH3 is 1. The van der Waals surface area contributed by atoms with Gasteiger partial charge in [-0.15, -0.1) is 0 Å². The van der Waals surface area contributed by atoms with E-state index in [0.717, 1.165) is 42.3 Å². The van der Waals surface area contributed by atoms with E-state index in [0.29, 0.717) is 21.5 Å². The average molecular weight is 483 g/mol. The average Bonchev–Trinajstić information content (AvgIpc) is 3.37. The number of Topliss-reactive ketones (excluding diaryl/α,β-unsaturated/α-hetero) is 1. The van der Waals surface area contributed by atoms with Gasteiger partial charge in [0.2, 0.25) is 0 Å². The molecule has 1 aliphatic heterocycles. The van der Waals surface area contributed by atoms with Crippen LogP contribution in [0.1, 0.15) is 37.7 Å². The summed E-state index contributed by atoms with van der Waals surface area (Å²) in [5.74, 6) is -0.760. The number of aromatic nitrogens is 1. The summed E-state index contributed by atoms with van der Waals surface area (Å²) in [5, 5.41) is 12.3. The molecule has 33 heavy (non-hydrogen) atoms. The number of fused-ring (bicyclic) bond motifs is 1. The van der Waals surface area contributed by atoms with Crippen molar-refractivity contribution >= 4 is 55.7 Å². The minimum Gasteiger partial charge on any atom is -0.507 e. The molecule has 170 valence electrons. The van der Waals surface area contributed by atoms with Gasteiger partial charge in [0.05, 0.1) is 28.9 Å². The van der Waals surface area contributed by atoms with Crippen molar-refractivity contribution in [1.82, 2.24) is 4.98 Å². The highest BCUT2D eigenvalue weighted by Crippen LogP contribution is 2.43. The predicted octanol–water partition coefficient (Wildman–Crippen LogP) is 5.79. The van der Waals surface area contributed by atoms with Gasteiger partial charge in [-0.2, -0.15) is 0 Å². The first-order chi connectivity index (χ1) is 16.0. The van der Waals surface area contributed by atoms with Crippen molar-refractivity contribution in [3.63, 3.8) is 0 Å². The number of hydrogen-bond donors (Lipinski definition) is 1. The standard InChI is InChI=1S/C25H23ClN2O4S/c1-32-17-10-7-15(8-11-17)22(29)20-21(14-5-3-2-4-6-14)28(24(31)23(20)30)25-27-18-12-9-16(26)13-19(18)33-25/h7-14,21,29H,2-6H2,1H3. The maximum atomic E-state index is 13.3. The normalized spacial score (nSPS) is 21.2. The number of ketones is 1. The molecule has 5 rings (SSSR count). The van der Waals surface area contributed by atoms with Crippen molar-refractivity contribution in [1.29, 1.82) is 0 Å². The predicted molar refractivity (Wildman–Crippen MR) is 130 cm³/mol. The van der Waals surface area contributed by atoms with E-state index >= 15 is 0 Å². The summed E-state index contributed by atoms with van der Waals surface area (Å²) in [7, 11) is 1.56. The number of rotatable bonds is 4. The van der Waals surface area contributed by atoms with Crippen molar-refractivity contribution in [3.8, 4) is 5.75 Å². The van der Waals surface area contributed by atoms with Gasteiger partial charge in [0.25, 0.3) is 5.78 Å². The number of carbonyl (C=O) groups is 2. The van der Waals surface area contributed by atoms with Crippen molar-refractivity contribution < 1.29 is 19.4 Å². The highest BCUT2D eigenvalue weighted by atomic mass is 35.5. The molecule has 1 N–H and O–H groups in total. The number of benzene rings is 2. The minimum absolute atomic E-state index is 0.0696. The zero-order valence-electron chi connectivity index (χ0n) is 18.1. The molecule has 8 heteroatoms. The molecule has 2 heterocycles. The molecule has 3 aromatic rings. The number of aliphatic hydroxyl groups is 1. The lowest BCUT2D eigenvalue weighted by molar-refractivity contribution is -0.132. The molecule has 1 aliphatic carbocycles. The van der Waals surface area contributed by atoms with Crippen LogP contribution in [0.3, 0.4) is 0 Å². The fraction of sp³-hybridized carbons (Fsp3) is 0.320. The van der Waals surface area contributed by atoms with Gasteiger partial charge in [-0.05, 0) is 61.2 Å². The minimum atomic E-state index is -0.670. The number of carbonyl (C=O) groups excluding carboxylic acids is 2. The fourth-order valence-corrected chi connectivity index (χ4v) is 6.13. The summed E-state index contributed by atoms with van der Waals surface area (Å²) in [4.78, 5) is 32.7. The lowest BCUT2D eigenvalue weighted by Gasteiger charge is -2.32. The number of thiazole rings is 1. The number of hydrogen-bond acceptors (Lipinski definition) is 6. The van der Waals surface area contributed by atoms with E-state index in [4.69, 9.17) is 16.3 Å². The van der Waals surface area contributed by atoms with E-state index in [2.05, 4.69) is 4.98 Å². The van der Waals surface area contributed by atoms with E-state index in [1.165, 1.54) is 16.2 Å². The molecule has 0 spiro atoms. The SMILES string of the molecule is COc1ccc(C(O)=C2C(=O)C(=O)N(c3nc4ccc(Cl)cc4s3)C2C2CCCCC2)cc1. The molecule has 0 bridgehead atoms. The van der Waals surface area contributed by atoms with Crippen LogP contribution in [0.15, 0.2) is 48.0 Å². The summed E-state index contributed by atoms with van der Waals surface area (Å²) in [5.41, 5.74) is 1.36. The van der Waals surface area contributed by atoms with Gasteiger partial charge in [-0.1, -0.05) is 42.2 Å². The highest BCUT2D eigenvalue weighted by molar-refractivity contribution is 7.22. The smallest absolute Gasteiger partial charge is 0.301 e. The molecule has 2 aliphatic rings. The summed E-state index contributed by atoms with van der Waals surface area (Å²) >= 11 is 7.47. The second-order valence-electron chi connectivity index (χ2n) is 8.45. The Hall–Kier alpha value is -2.90. The molecule has 1 unspecified atom stereocenters. The maximum Gasteiger partial charge on any atom is 0.301 e. The molecule has 1 amide bonds. The first kappa shape index (κ1) is 21.9. The maximum absolute atomic E-state index is 13.3.